The van der Waals surface area contributed by atoms with Crippen LogP contribution in [0, 0.1) is 0 Å². The van der Waals surface area contributed by atoms with Crippen molar-refractivity contribution in [3.05, 3.63) is 0 Å². The molecule has 0 aliphatic heterocycles. The van der Waals surface area contributed by atoms with E-state index in [1.807, 2.05) is 0 Å². The first-order chi connectivity index (χ1) is 4.93. The molecule has 1 radical (unpaired) electrons. The van der Waals surface area contributed by atoms with E-state index in [1.165, 1.54) is 44.7 Å². The van der Waals surface area contributed by atoms with Crippen molar-refractivity contribution in [3.63, 3.8) is 0 Å². The SMILES string of the molecule is CCC[P]C1CCCCC1. The monoisotopic (exact) mass is 157 g/mol. The molecule has 1 heteroatoms. The van der Waals surface area contributed by atoms with Crippen LogP contribution in [0.1, 0.15) is 45.4 Å². The predicted molar refractivity (Wildman–Crippen MR) is 49.0 cm³/mol. The Balaban J connectivity index is 2.02. The minimum Gasteiger partial charge on any atom is -0.0775 e. The normalized spacial score (nSPS) is 22.5. The lowest BCUT2D eigenvalue weighted by molar-refractivity contribution is 0.513. The topological polar surface area (TPSA) is 0 Å². The van der Waals surface area contributed by atoms with E-state index in [4.69, 9.17) is 0 Å². The van der Waals surface area contributed by atoms with E-state index in [1.54, 1.807) is 8.58 Å². The predicted octanol–water partition coefficient (Wildman–Crippen LogP) is 3.68. The van der Waals surface area contributed by atoms with Crippen LogP contribution in [-0.4, -0.2) is 11.8 Å². The molecule has 1 fully saturated rings. The summed E-state index contributed by atoms with van der Waals surface area (Å²) in [5.41, 5.74) is 1.08. The summed E-state index contributed by atoms with van der Waals surface area (Å²) in [4.78, 5) is 0. The van der Waals surface area contributed by atoms with Gasteiger partial charge in [-0.15, -0.1) is 0 Å². The fourth-order valence-electron chi connectivity index (χ4n) is 1.58. The largest absolute Gasteiger partial charge is 0.0775 e. The molecular weight excluding hydrogens is 139 g/mol. The van der Waals surface area contributed by atoms with Gasteiger partial charge in [0.05, 0.1) is 0 Å². The van der Waals surface area contributed by atoms with Gasteiger partial charge in [-0.05, 0) is 24.7 Å². The minimum absolute atomic E-state index is 1.08. The summed E-state index contributed by atoms with van der Waals surface area (Å²) in [6.45, 7) is 2.29. The molecule has 0 heterocycles. The maximum absolute atomic E-state index is 2.29. The van der Waals surface area contributed by atoms with Crippen molar-refractivity contribution in [2.24, 2.45) is 0 Å². The third-order valence-corrected chi connectivity index (χ3v) is 3.92. The quantitative estimate of drug-likeness (QED) is 0.548. The van der Waals surface area contributed by atoms with E-state index in [-0.39, 0.29) is 0 Å². The summed E-state index contributed by atoms with van der Waals surface area (Å²) >= 11 is 0. The van der Waals surface area contributed by atoms with Crippen LogP contribution < -0.4 is 0 Å². The summed E-state index contributed by atoms with van der Waals surface area (Å²) in [5, 5.41) is 0. The Bertz CT molecular complexity index is 74.8. The highest BCUT2D eigenvalue weighted by atomic mass is 31.1. The van der Waals surface area contributed by atoms with Crippen molar-refractivity contribution in [2.75, 3.05) is 6.16 Å². The van der Waals surface area contributed by atoms with Gasteiger partial charge < -0.3 is 0 Å². The Labute approximate surface area is 66.6 Å². The Hall–Kier alpha value is 0.430. The maximum atomic E-state index is 2.29. The molecule has 0 aromatic heterocycles. The van der Waals surface area contributed by atoms with Crippen molar-refractivity contribution in [2.45, 2.75) is 51.1 Å². The van der Waals surface area contributed by atoms with Gasteiger partial charge in [0.15, 0.2) is 0 Å². The molecule has 0 atom stereocenters. The number of hydrogen-bond acceptors (Lipinski definition) is 0. The molecule has 59 valence electrons. The van der Waals surface area contributed by atoms with Crippen molar-refractivity contribution in [1.82, 2.24) is 0 Å². The van der Waals surface area contributed by atoms with Gasteiger partial charge in [0.25, 0.3) is 0 Å². The van der Waals surface area contributed by atoms with E-state index in [9.17, 15) is 0 Å². The highest BCUT2D eigenvalue weighted by Crippen LogP contribution is 2.32. The zero-order chi connectivity index (χ0) is 7.23. The Morgan fingerprint density at radius 3 is 2.50 bits per heavy atom. The molecule has 1 aliphatic carbocycles. The summed E-state index contributed by atoms with van der Waals surface area (Å²) in [5.74, 6) is 0. The second-order valence-electron chi connectivity index (χ2n) is 3.20. The lowest BCUT2D eigenvalue weighted by Crippen LogP contribution is -2.06. The zero-order valence-corrected chi connectivity index (χ0v) is 7.87. The summed E-state index contributed by atoms with van der Waals surface area (Å²) in [6, 6.07) is 0. The van der Waals surface area contributed by atoms with Crippen molar-refractivity contribution >= 4 is 8.58 Å². The molecule has 1 rings (SSSR count). The third kappa shape index (κ3) is 3.01. The van der Waals surface area contributed by atoms with Crippen LogP contribution in [0.2, 0.25) is 0 Å². The standard InChI is InChI=1S/C9H18P/c1-2-8-10-9-6-4-3-5-7-9/h9H,2-8H2,1H3. The zero-order valence-electron chi connectivity index (χ0n) is 6.97. The fourth-order valence-corrected chi connectivity index (χ4v) is 2.93. The second kappa shape index (κ2) is 5.13. The van der Waals surface area contributed by atoms with Gasteiger partial charge in [-0.25, -0.2) is 0 Å². The molecule has 0 aromatic rings. The maximum Gasteiger partial charge on any atom is -0.0170 e. The highest BCUT2D eigenvalue weighted by molar-refractivity contribution is 7.38. The molecule has 0 bridgehead atoms. The van der Waals surface area contributed by atoms with Gasteiger partial charge in [0.1, 0.15) is 0 Å². The van der Waals surface area contributed by atoms with Crippen LogP contribution >= 0.6 is 8.58 Å². The van der Waals surface area contributed by atoms with E-state index < -0.39 is 0 Å². The van der Waals surface area contributed by atoms with Crippen molar-refractivity contribution < 1.29 is 0 Å². The molecule has 0 nitrogen and oxygen atoms in total. The molecule has 1 saturated carbocycles. The van der Waals surface area contributed by atoms with E-state index in [0.717, 1.165) is 5.66 Å². The fraction of sp³-hybridized carbons (Fsp3) is 1.00. The summed E-state index contributed by atoms with van der Waals surface area (Å²) in [6.07, 6.45) is 10.3. The molecule has 10 heavy (non-hydrogen) atoms. The van der Waals surface area contributed by atoms with Crippen molar-refractivity contribution in [3.8, 4) is 0 Å². The van der Waals surface area contributed by atoms with Crippen LogP contribution in [0.5, 0.6) is 0 Å². The van der Waals surface area contributed by atoms with Crippen LogP contribution in [0.25, 0.3) is 0 Å². The van der Waals surface area contributed by atoms with Crippen LogP contribution in [-0.2, 0) is 0 Å². The van der Waals surface area contributed by atoms with E-state index in [2.05, 4.69) is 6.92 Å². The van der Waals surface area contributed by atoms with Crippen LogP contribution in [0.15, 0.2) is 0 Å². The molecular formula is C9H18P. The molecule has 1 aliphatic rings. The molecule has 0 aromatic carbocycles. The number of hydrogen-bond donors (Lipinski definition) is 0. The first-order valence-corrected chi connectivity index (χ1v) is 5.75. The minimum atomic E-state index is 1.08. The Morgan fingerprint density at radius 1 is 1.20 bits per heavy atom. The molecule has 0 unspecified atom stereocenters. The average molecular weight is 157 g/mol. The van der Waals surface area contributed by atoms with Crippen LogP contribution in [0.3, 0.4) is 0 Å². The van der Waals surface area contributed by atoms with E-state index >= 15 is 0 Å². The van der Waals surface area contributed by atoms with Gasteiger partial charge >= 0.3 is 0 Å². The highest BCUT2D eigenvalue weighted by Gasteiger charge is 2.12. The number of rotatable bonds is 3. The lowest BCUT2D eigenvalue weighted by atomic mass is 10.0. The molecule has 0 N–H and O–H groups in total. The molecule has 0 saturated heterocycles. The Morgan fingerprint density at radius 2 is 1.90 bits per heavy atom. The van der Waals surface area contributed by atoms with Crippen molar-refractivity contribution in [1.29, 1.82) is 0 Å². The van der Waals surface area contributed by atoms with Crippen LogP contribution in [0.4, 0.5) is 0 Å². The van der Waals surface area contributed by atoms with Gasteiger partial charge in [-0.1, -0.05) is 41.2 Å². The second-order valence-corrected chi connectivity index (χ2v) is 4.74. The summed E-state index contributed by atoms with van der Waals surface area (Å²) < 4.78 is 0. The van der Waals surface area contributed by atoms with Gasteiger partial charge in [0.2, 0.25) is 0 Å². The molecule has 0 spiro atoms. The van der Waals surface area contributed by atoms with E-state index in [0.29, 0.717) is 0 Å². The van der Waals surface area contributed by atoms with Gasteiger partial charge in [-0.3, -0.25) is 0 Å². The first kappa shape index (κ1) is 8.53. The first-order valence-electron chi connectivity index (χ1n) is 4.60. The van der Waals surface area contributed by atoms with Gasteiger partial charge in [-0.2, -0.15) is 0 Å². The average Bonchev–Trinajstić information content (AvgIpc) is 2.03. The smallest absolute Gasteiger partial charge is 0.0170 e. The Kier molecular flexibility index (Phi) is 4.37. The summed E-state index contributed by atoms with van der Waals surface area (Å²) in [7, 11) is 1.74. The van der Waals surface area contributed by atoms with Gasteiger partial charge in [0, 0.05) is 0 Å². The lowest BCUT2D eigenvalue weighted by Gasteiger charge is -2.20. The third-order valence-electron chi connectivity index (χ3n) is 2.19. The molecule has 0 amide bonds.